The van der Waals surface area contributed by atoms with Gasteiger partial charge in [-0.25, -0.2) is 57.1 Å². The number of aromatic nitrogens is 8. The maximum atomic E-state index is 13.1. The molecule has 0 aliphatic carbocycles. The van der Waals surface area contributed by atoms with Crippen molar-refractivity contribution in [2.24, 2.45) is 0 Å². The van der Waals surface area contributed by atoms with E-state index in [1.807, 2.05) is 162 Å². The predicted octanol–water partition coefficient (Wildman–Crippen LogP) is 13.7. The summed E-state index contributed by atoms with van der Waals surface area (Å²) in [5.74, 6) is 0. The molecule has 4 saturated heterocycles. The first kappa shape index (κ1) is 78.2. The van der Waals surface area contributed by atoms with Crippen molar-refractivity contribution in [1.82, 2.24) is 36.8 Å². The van der Waals surface area contributed by atoms with Crippen molar-refractivity contribution >= 4 is 145 Å². The lowest BCUT2D eigenvalue weighted by molar-refractivity contribution is 0.00578. The highest BCUT2D eigenvalue weighted by atomic mass is 79.9. The fourth-order valence-corrected chi connectivity index (χ4v) is 16.2. The Balaban J connectivity index is 0.000000134. The zero-order chi connectivity index (χ0) is 75.9. The third-order valence-corrected chi connectivity index (χ3v) is 27.0. The number of fused-ring (bicyclic) bond motifs is 4. The van der Waals surface area contributed by atoms with E-state index in [1.165, 1.54) is 30.5 Å². The van der Waals surface area contributed by atoms with Gasteiger partial charge in [-0.1, -0.05) is 53.1 Å². The van der Waals surface area contributed by atoms with Crippen molar-refractivity contribution in [3.05, 3.63) is 197 Å². The number of halogens is 2. The van der Waals surface area contributed by atoms with Crippen LogP contribution in [0.5, 0.6) is 0 Å². The first-order chi connectivity index (χ1) is 48.3. The Kier molecular flexibility index (Phi) is 21.4. The molecule has 11 aromatic rings. The van der Waals surface area contributed by atoms with Gasteiger partial charge in [-0.2, -0.15) is 0 Å². The minimum Gasteiger partial charge on any atom is -0.405 e. The van der Waals surface area contributed by atoms with E-state index in [9.17, 15) is 25.3 Å². The summed E-state index contributed by atoms with van der Waals surface area (Å²) >= 11 is 6.81. The summed E-state index contributed by atoms with van der Waals surface area (Å²) in [7, 11) is -13.3. The van der Waals surface area contributed by atoms with Crippen LogP contribution >= 0.6 is 31.9 Å². The van der Waals surface area contributed by atoms with E-state index in [1.54, 1.807) is 122 Å². The Bertz CT molecular complexity index is 5080. The largest absolute Gasteiger partial charge is 0.495 e. The van der Waals surface area contributed by atoms with Crippen molar-refractivity contribution in [2.75, 3.05) is 0 Å². The van der Waals surface area contributed by atoms with E-state index >= 15 is 0 Å². The number of hydrogen-bond acceptors (Lipinski definition) is 18. The van der Waals surface area contributed by atoms with Gasteiger partial charge in [0.2, 0.25) is 0 Å². The summed E-state index contributed by atoms with van der Waals surface area (Å²) in [5.41, 5.74) is 3.22. The van der Waals surface area contributed by atoms with Gasteiger partial charge < -0.3 is 42.2 Å². The molecule has 0 spiro atoms. The summed E-state index contributed by atoms with van der Waals surface area (Å²) in [4.78, 5) is 20.7. The van der Waals surface area contributed by atoms with Gasteiger partial charge >= 0.3 is 28.3 Å². The SMILES string of the molecule is Brc1ccnc2[nH]ccc12.CC1(C)OB(B2OC(C)(C)C(C)(C)O2)OC1(C)C.Cc1ccc(S(=O)(=O)n2ccc3c(B4OC(C)(C)C(C)(C)O4)ccnc32)cc1.Cc1ccc(S(=O)(=O)n2ccc3c(B4OC(C)(C)C(C)(C)O4)ccnc32)cc1.Cc1ccc(S(=O)(=O)n2ccc3c(Br)ccnc32)cc1. The lowest BCUT2D eigenvalue weighted by Gasteiger charge is -2.32. The highest BCUT2D eigenvalue weighted by molar-refractivity contribution is 9.11. The first-order valence-electron chi connectivity index (χ1n) is 33.8. The van der Waals surface area contributed by atoms with Crippen molar-refractivity contribution in [3.8, 4) is 0 Å². The number of rotatable bonds is 9. The number of hydrogen-bond donors (Lipinski definition) is 1. The number of H-pyrrole nitrogens is 1. The van der Waals surface area contributed by atoms with Gasteiger partial charge in [0, 0.05) is 80.1 Å². The van der Waals surface area contributed by atoms with Gasteiger partial charge in [0.1, 0.15) is 5.65 Å². The highest BCUT2D eigenvalue weighted by Crippen LogP contribution is 2.44. The number of aryl methyl sites for hydroxylation is 3. The molecule has 4 aliphatic heterocycles. The Morgan fingerprint density at radius 3 is 0.923 bits per heavy atom. The van der Waals surface area contributed by atoms with Crippen LogP contribution in [-0.4, -0.2) is 135 Å². The lowest BCUT2D eigenvalue weighted by atomic mass is 9.49. The molecule has 0 radical (unpaired) electrons. The van der Waals surface area contributed by atoms with Crippen LogP contribution in [0, 0.1) is 20.8 Å². The summed E-state index contributed by atoms with van der Waals surface area (Å²) < 4.78 is 132. The molecule has 104 heavy (non-hydrogen) atoms. The van der Waals surface area contributed by atoms with Gasteiger partial charge in [-0.15, -0.1) is 0 Å². The van der Waals surface area contributed by atoms with Crippen LogP contribution in [0.3, 0.4) is 0 Å². The minimum atomic E-state index is -3.75. The zero-order valence-electron chi connectivity index (χ0n) is 61.8. The summed E-state index contributed by atoms with van der Waals surface area (Å²) in [5, 5.41) is 3.28. The molecular weight excluding hydrogens is 1510 g/mol. The molecule has 4 aliphatic rings. The molecule has 0 unspecified atom stereocenters. The topological polar surface area (TPSA) is 258 Å². The van der Waals surface area contributed by atoms with Crippen LogP contribution in [0.15, 0.2) is 195 Å². The second-order valence-electron chi connectivity index (χ2n) is 30.1. The zero-order valence-corrected chi connectivity index (χ0v) is 67.4. The average Bonchev–Trinajstić information content (AvgIpc) is 1.62. The van der Waals surface area contributed by atoms with Crippen molar-refractivity contribution in [2.45, 2.75) is 191 Å². The molecule has 15 rings (SSSR count). The summed E-state index contributed by atoms with van der Waals surface area (Å²) in [6, 6.07) is 34.9. The van der Waals surface area contributed by atoms with Crippen LogP contribution in [-0.2, 0) is 67.3 Å². The van der Waals surface area contributed by atoms with Crippen molar-refractivity contribution < 1.29 is 62.5 Å². The van der Waals surface area contributed by atoms with Gasteiger partial charge in [0.15, 0.2) is 16.9 Å². The monoisotopic (exact) mass is 1600 g/mol. The quantitative estimate of drug-likeness (QED) is 0.132. The molecule has 0 atom stereocenters. The van der Waals surface area contributed by atoms with Gasteiger partial charge in [-0.05, 0) is 259 Å². The number of pyridine rings is 4. The Hall–Kier alpha value is -6.83. The second kappa shape index (κ2) is 28.4. The number of aromatic amines is 1. The van der Waals surface area contributed by atoms with Crippen molar-refractivity contribution in [1.29, 1.82) is 0 Å². The van der Waals surface area contributed by atoms with Crippen LogP contribution in [0.2, 0.25) is 0 Å². The maximum absolute atomic E-state index is 13.1. The van der Waals surface area contributed by atoms with E-state index in [4.69, 9.17) is 37.2 Å². The fraction of sp³-hybridized carbons (Fsp3) is 0.370. The summed E-state index contributed by atoms with van der Waals surface area (Å²) in [6.45, 7) is 37.8. The smallest absolute Gasteiger partial charge is 0.405 e. The van der Waals surface area contributed by atoms with Gasteiger partial charge in [-0.3, -0.25) is 0 Å². The Morgan fingerprint density at radius 1 is 0.337 bits per heavy atom. The molecule has 4 fully saturated rings. The number of nitrogens with one attached hydrogen (secondary N) is 1. The second-order valence-corrected chi connectivity index (χ2v) is 37.2. The van der Waals surface area contributed by atoms with E-state index in [0.29, 0.717) is 27.7 Å². The molecule has 1 N–H and O–H groups in total. The minimum absolute atomic E-state index is 0.221. The molecular formula is C73H86B4Br2N8O14S3. The van der Waals surface area contributed by atoms with Crippen LogP contribution in [0.25, 0.3) is 44.1 Å². The van der Waals surface area contributed by atoms with Crippen LogP contribution < -0.4 is 10.9 Å². The van der Waals surface area contributed by atoms with E-state index in [2.05, 4.69) is 56.8 Å². The van der Waals surface area contributed by atoms with Crippen molar-refractivity contribution in [3.63, 3.8) is 0 Å². The molecule has 0 amide bonds. The Labute approximate surface area is 627 Å². The maximum Gasteiger partial charge on any atom is 0.495 e. The molecule has 8 aromatic heterocycles. The number of nitrogens with zero attached hydrogens (tertiary/aromatic N) is 7. The summed E-state index contributed by atoms with van der Waals surface area (Å²) in [6.07, 6.45) is 13.0. The van der Waals surface area contributed by atoms with E-state index in [0.717, 1.165) is 53.0 Å². The van der Waals surface area contributed by atoms with E-state index in [-0.39, 0.29) is 37.1 Å². The lowest BCUT2D eigenvalue weighted by Crippen LogP contribution is -2.41. The van der Waals surface area contributed by atoms with Crippen LogP contribution in [0.4, 0.5) is 0 Å². The molecule has 0 bridgehead atoms. The normalized spacial score (nSPS) is 18.9. The third kappa shape index (κ3) is 15.1. The van der Waals surface area contributed by atoms with Gasteiger partial charge in [0.25, 0.3) is 30.1 Å². The van der Waals surface area contributed by atoms with Crippen LogP contribution in [0.1, 0.15) is 127 Å². The predicted molar refractivity (Wildman–Crippen MR) is 416 cm³/mol. The third-order valence-electron chi connectivity index (χ3n) is 20.6. The Morgan fingerprint density at radius 2 is 0.606 bits per heavy atom. The average molecular weight is 1600 g/mol. The highest BCUT2D eigenvalue weighted by Gasteiger charge is 2.64. The van der Waals surface area contributed by atoms with E-state index < -0.39 is 80.7 Å². The standard InChI is InChI=1S/2C20H23BN2O4S.C14H11BrN2O2S.C12H24B2O4.C7H5BrN2/c2*1-14-6-8-15(9-7-14)28(24,25)23-13-11-16-17(10-12-22-18(16)23)21-26-19(2,3)20(4,5)27-21;1-10-2-4-11(5-3-10)20(18,19)17-9-7-12-13(15)6-8-16-14(12)17;1-9(2)10(3,4)16-13(15-9)14-17-11(5,6)12(7,8)18-14;8-6-2-4-10-7-5(6)1-3-9-7/h2*6-13H,1-5H3;2-9H,1H3;1-8H3;1-4H,(H,9,10). The molecule has 22 nitrogen and oxygen atoms in total. The molecule has 546 valence electrons. The molecule has 31 heteroatoms. The van der Waals surface area contributed by atoms with Gasteiger partial charge in [0.05, 0.1) is 59.5 Å². The first-order valence-corrected chi connectivity index (χ1v) is 39.7. The molecule has 3 aromatic carbocycles. The number of benzene rings is 3. The molecule has 0 saturated carbocycles. The fourth-order valence-electron chi connectivity index (χ4n) is 11.4. The molecule has 12 heterocycles.